The molecule has 0 saturated carbocycles. The number of aliphatic hydroxyl groups is 1. The molecule has 0 amide bonds. The summed E-state index contributed by atoms with van der Waals surface area (Å²) in [5, 5.41) is 10.8. The van der Waals surface area contributed by atoms with Gasteiger partial charge in [0.05, 0.1) is 0 Å². The van der Waals surface area contributed by atoms with E-state index in [-0.39, 0.29) is 5.82 Å². The first kappa shape index (κ1) is 13.2. The second-order valence-electron chi connectivity index (χ2n) is 4.23. The summed E-state index contributed by atoms with van der Waals surface area (Å²) in [4.78, 5) is 0. The number of benzene rings is 2. The number of hydrogen-bond acceptors (Lipinski definition) is 1. The molecule has 1 nitrogen and oxygen atoms in total. The summed E-state index contributed by atoms with van der Waals surface area (Å²) in [5.41, 5.74) is 0.166. The van der Waals surface area contributed by atoms with Gasteiger partial charge in [0, 0.05) is 4.47 Å². The van der Waals surface area contributed by atoms with Crippen LogP contribution in [0.25, 0.3) is 0 Å². The molecule has 0 aliphatic heterocycles. The summed E-state index contributed by atoms with van der Waals surface area (Å²) >= 11 is 3.39. The summed E-state index contributed by atoms with van der Waals surface area (Å²) in [5.74, 6) is -0.339. The third-order valence-corrected chi connectivity index (χ3v) is 3.61. The highest BCUT2D eigenvalue weighted by molar-refractivity contribution is 9.10. The Kier molecular flexibility index (Phi) is 3.83. The van der Waals surface area contributed by atoms with Crippen molar-refractivity contribution < 1.29 is 9.50 Å². The molecule has 2 rings (SSSR count). The minimum atomic E-state index is -1.16. The number of rotatable bonds is 3. The predicted octanol–water partition coefficient (Wildman–Crippen LogP) is 4.23. The van der Waals surface area contributed by atoms with Crippen molar-refractivity contribution >= 4 is 15.9 Å². The molecule has 1 unspecified atom stereocenters. The zero-order valence-electron chi connectivity index (χ0n) is 10.0. The fourth-order valence-electron chi connectivity index (χ4n) is 2.07. The van der Waals surface area contributed by atoms with E-state index in [2.05, 4.69) is 15.9 Å². The van der Waals surface area contributed by atoms with E-state index in [1.165, 1.54) is 12.1 Å². The molecule has 0 spiro atoms. The van der Waals surface area contributed by atoms with Crippen molar-refractivity contribution in [3.63, 3.8) is 0 Å². The average Bonchev–Trinajstić information content (AvgIpc) is 2.38. The summed E-state index contributed by atoms with van der Waals surface area (Å²) < 4.78 is 14.2. The molecule has 2 aromatic rings. The maximum absolute atomic E-state index is 13.3. The molecular formula is C15H14BrFO. The van der Waals surface area contributed by atoms with Gasteiger partial charge in [-0.15, -0.1) is 0 Å². The van der Waals surface area contributed by atoms with Crippen molar-refractivity contribution in [3.05, 3.63) is 69.9 Å². The van der Waals surface area contributed by atoms with Crippen LogP contribution in [0.1, 0.15) is 24.5 Å². The summed E-state index contributed by atoms with van der Waals surface area (Å²) in [6.45, 7) is 1.88. The van der Waals surface area contributed by atoms with E-state index in [9.17, 15) is 9.50 Å². The molecule has 0 radical (unpaired) electrons. The molecule has 2 aromatic carbocycles. The van der Waals surface area contributed by atoms with Crippen LogP contribution in [0.3, 0.4) is 0 Å². The van der Waals surface area contributed by atoms with Gasteiger partial charge in [-0.1, -0.05) is 47.1 Å². The highest BCUT2D eigenvalue weighted by atomic mass is 79.9. The highest BCUT2D eigenvalue weighted by Crippen LogP contribution is 2.34. The maximum Gasteiger partial charge on any atom is 0.123 e. The van der Waals surface area contributed by atoms with Gasteiger partial charge in [0.1, 0.15) is 11.4 Å². The Morgan fingerprint density at radius 2 is 1.72 bits per heavy atom. The molecule has 0 bridgehead atoms. The molecule has 0 aliphatic carbocycles. The largest absolute Gasteiger partial charge is 0.380 e. The Morgan fingerprint density at radius 3 is 2.28 bits per heavy atom. The Labute approximate surface area is 114 Å². The molecule has 3 heteroatoms. The van der Waals surface area contributed by atoms with Crippen LogP contribution in [-0.4, -0.2) is 5.11 Å². The van der Waals surface area contributed by atoms with E-state index in [4.69, 9.17) is 0 Å². The lowest BCUT2D eigenvalue weighted by atomic mass is 9.84. The topological polar surface area (TPSA) is 20.2 Å². The van der Waals surface area contributed by atoms with Crippen LogP contribution in [0, 0.1) is 5.82 Å². The quantitative estimate of drug-likeness (QED) is 0.899. The van der Waals surface area contributed by atoms with E-state index in [0.717, 1.165) is 10.0 Å². The second-order valence-corrected chi connectivity index (χ2v) is 5.15. The highest BCUT2D eigenvalue weighted by Gasteiger charge is 2.29. The van der Waals surface area contributed by atoms with Crippen molar-refractivity contribution in [1.82, 2.24) is 0 Å². The van der Waals surface area contributed by atoms with E-state index >= 15 is 0 Å². The summed E-state index contributed by atoms with van der Waals surface area (Å²) in [6.07, 6.45) is 0.479. The van der Waals surface area contributed by atoms with Gasteiger partial charge in [-0.2, -0.15) is 0 Å². The van der Waals surface area contributed by atoms with E-state index in [1.807, 2.05) is 31.2 Å². The van der Waals surface area contributed by atoms with E-state index < -0.39 is 5.60 Å². The SMILES string of the molecule is CCC(O)(c1cccc(F)c1)c1cccc(Br)c1. The van der Waals surface area contributed by atoms with Crippen LogP contribution >= 0.6 is 15.9 Å². The van der Waals surface area contributed by atoms with Crippen LogP contribution < -0.4 is 0 Å². The van der Waals surface area contributed by atoms with Crippen LogP contribution in [0.5, 0.6) is 0 Å². The Morgan fingerprint density at radius 1 is 1.11 bits per heavy atom. The van der Waals surface area contributed by atoms with Gasteiger partial charge in [0.15, 0.2) is 0 Å². The minimum Gasteiger partial charge on any atom is -0.380 e. The molecule has 1 atom stereocenters. The number of hydrogen-bond donors (Lipinski definition) is 1. The number of halogens is 2. The van der Waals surface area contributed by atoms with Crippen LogP contribution in [0.2, 0.25) is 0 Å². The lowest BCUT2D eigenvalue weighted by molar-refractivity contribution is 0.0761. The Hall–Kier alpha value is -1.19. The lowest BCUT2D eigenvalue weighted by Gasteiger charge is -2.28. The van der Waals surface area contributed by atoms with Gasteiger partial charge in [-0.05, 0) is 41.8 Å². The molecule has 0 fully saturated rings. The van der Waals surface area contributed by atoms with Crippen LogP contribution in [0.4, 0.5) is 4.39 Å². The second kappa shape index (κ2) is 5.21. The molecular weight excluding hydrogens is 295 g/mol. The standard InChI is InChI=1S/C15H14BrFO/c1-2-15(18,11-5-3-7-13(16)9-11)12-6-4-8-14(17)10-12/h3-10,18H,2H2,1H3. The molecule has 1 N–H and O–H groups in total. The fourth-order valence-corrected chi connectivity index (χ4v) is 2.47. The zero-order valence-corrected chi connectivity index (χ0v) is 11.6. The van der Waals surface area contributed by atoms with E-state index in [0.29, 0.717) is 12.0 Å². The minimum absolute atomic E-state index is 0.339. The van der Waals surface area contributed by atoms with Crippen molar-refractivity contribution in [2.75, 3.05) is 0 Å². The molecule has 0 aromatic heterocycles. The Bertz CT molecular complexity index is 508. The van der Waals surface area contributed by atoms with Gasteiger partial charge in [0.2, 0.25) is 0 Å². The van der Waals surface area contributed by atoms with Crippen molar-refractivity contribution in [1.29, 1.82) is 0 Å². The molecule has 18 heavy (non-hydrogen) atoms. The normalized spacial score (nSPS) is 14.2. The molecule has 94 valence electrons. The third-order valence-electron chi connectivity index (χ3n) is 3.12. The van der Waals surface area contributed by atoms with Gasteiger partial charge < -0.3 is 5.11 Å². The monoisotopic (exact) mass is 308 g/mol. The average molecular weight is 309 g/mol. The summed E-state index contributed by atoms with van der Waals surface area (Å²) in [6, 6.07) is 13.6. The van der Waals surface area contributed by atoms with Gasteiger partial charge in [0.25, 0.3) is 0 Å². The first-order chi connectivity index (χ1) is 8.56. The van der Waals surface area contributed by atoms with Crippen LogP contribution in [0.15, 0.2) is 53.0 Å². The first-order valence-electron chi connectivity index (χ1n) is 5.80. The van der Waals surface area contributed by atoms with E-state index in [1.54, 1.807) is 12.1 Å². The maximum atomic E-state index is 13.3. The smallest absolute Gasteiger partial charge is 0.123 e. The summed E-state index contributed by atoms with van der Waals surface area (Å²) in [7, 11) is 0. The first-order valence-corrected chi connectivity index (χ1v) is 6.60. The van der Waals surface area contributed by atoms with Crippen molar-refractivity contribution in [2.45, 2.75) is 18.9 Å². The molecule has 0 aliphatic rings. The Balaban J connectivity index is 2.54. The van der Waals surface area contributed by atoms with Gasteiger partial charge in [-0.3, -0.25) is 0 Å². The fraction of sp³-hybridized carbons (Fsp3) is 0.200. The van der Waals surface area contributed by atoms with Crippen molar-refractivity contribution in [2.24, 2.45) is 0 Å². The third kappa shape index (κ3) is 2.47. The van der Waals surface area contributed by atoms with Crippen LogP contribution in [-0.2, 0) is 5.60 Å². The zero-order chi connectivity index (χ0) is 13.2. The van der Waals surface area contributed by atoms with Gasteiger partial charge >= 0.3 is 0 Å². The predicted molar refractivity (Wildman–Crippen MR) is 73.8 cm³/mol. The van der Waals surface area contributed by atoms with Crippen molar-refractivity contribution in [3.8, 4) is 0 Å². The lowest BCUT2D eigenvalue weighted by Crippen LogP contribution is -2.26. The van der Waals surface area contributed by atoms with Gasteiger partial charge in [-0.25, -0.2) is 4.39 Å². The molecule has 0 heterocycles. The molecule has 0 saturated heterocycles.